The molecule has 0 spiro atoms. The molecule has 8 heteroatoms. The van der Waals surface area contributed by atoms with Crippen molar-refractivity contribution in [2.75, 3.05) is 13.6 Å². The van der Waals surface area contributed by atoms with Gasteiger partial charge in [0.15, 0.2) is 5.96 Å². The van der Waals surface area contributed by atoms with Crippen LogP contribution in [0.25, 0.3) is 0 Å². The van der Waals surface area contributed by atoms with E-state index in [0.717, 1.165) is 17.8 Å². The first-order valence-electron chi connectivity index (χ1n) is 7.49. The Morgan fingerprint density at radius 2 is 1.96 bits per heavy atom. The van der Waals surface area contributed by atoms with E-state index in [1.54, 1.807) is 13.2 Å². The van der Waals surface area contributed by atoms with Crippen molar-refractivity contribution in [2.45, 2.75) is 12.7 Å². The van der Waals surface area contributed by atoms with Crippen LogP contribution < -0.4 is 10.6 Å². The van der Waals surface area contributed by atoms with E-state index in [1.165, 1.54) is 12.1 Å². The second kappa shape index (κ2) is 10.7. The van der Waals surface area contributed by atoms with E-state index in [-0.39, 0.29) is 30.5 Å². The third-order valence-electron chi connectivity index (χ3n) is 3.15. The molecule has 0 aliphatic heterocycles. The summed E-state index contributed by atoms with van der Waals surface area (Å²) >= 11 is 0. The maximum absolute atomic E-state index is 12.6. The fourth-order valence-corrected chi connectivity index (χ4v) is 1.95. The van der Waals surface area contributed by atoms with E-state index in [0.29, 0.717) is 18.1 Å². The van der Waals surface area contributed by atoms with Crippen molar-refractivity contribution in [3.63, 3.8) is 0 Å². The van der Waals surface area contributed by atoms with Crippen LogP contribution in [0.4, 0.5) is 13.2 Å². The smallest absolute Gasteiger partial charge is 0.351 e. The average Bonchev–Trinajstić information content (AvgIpc) is 2.61. The summed E-state index contributed by atoms with van der Waals surface area (Å²) in [5, 5.41) is 6.04. The molecule has 26 heavy (non-hydrogen) atoms. The van der Waals surface area contributed by atoms with Gasteiger partial charge in [0.25, 0.3) is 0 Å². The van der Waals surface area contributed by atoms with Gasteiger partial charge in [0.05, 0.1) is 24.3 Å². The lowest BCUT2D eigenvalue weighted by Crippen LogP contribution is -2.37. The molecule has 0 unspecified atom stereocenters. The van der Waals surface area contributed by atoms with Gasteiger partial charge in [0, 0.05) is 18.8 Å². The fraction of sp³-hybridized carbons (Fsp3) is 0.222. The maximum atomic E-state index is 12.6. The Morgan fingerprint density at radius 1 is 1.15 bits per heavy atom. The molecule has 0 bridgehead atoms. The molecule has 0 radical (unpaired) electrons. The molecular weight excluding hydrogens is 456 g/mol. The zero-order chi connectivity index (χ0) is 18.1. The van der Waals surface area contributed by atoms with E-state index in [2.05, 4.69) is 32.5 Å². The van der Waals surface area contributed by atoms with E-state index in [4.69, 9.17) is 0 Å². The average molecular weight is 474 g/mol. The van der Waals surface area contributed by atoms with Crippen molar-refractivity contribution < 1.29 is 13.2 Å². The summed E-state index contributed by atoms with van der Waals surface area (Å²) < 4.78 is 37.9. The Morgan fingerprint density at radius 3 is 2.62 bits per heavy atom. The number of rotatable bonds is 3. The first-order chi connectivity index (χ1) is 12.0. The van der Waals surface area contributed by atoms with Crippen LogP contribution in [-0.4, -0.2) is 24.5 Å². The zero-order valence-corrected chi connectivity index (χ0v) is 16.3. The highest BCUT2D eigenvalue weighted by molar-refractivity contribution is 14.0. The predicted octanol–water partition coefficient (Wildman–Crippen LogP) is 3.44. The summed E-state index contributed by atoms with van der Waals surface area (Å²) in [4.78, 5) is 8.23. The molecular formula is C18H18F3IN4. The van der Waals surface area contributed by atoms with Crippen molar-refractivity contribution in [3.8, 4) is 11.8 Å². The third-order valence-corrected chi connectivity index (χ3v) is 3.15. The van der Waals surface area contributed by atoms with Gasteiger partial charge in [0.1, 0.15) is 0 Å². The number of hydrogen-bond donors (Lipinski definition) is 2. The normalized spacial score (nSPS) is 11.0. The van der Waals surface area contributed by atoms with E-state index < -0.39 is 11.7 Å². The number of benzene rings is 1. The van der Waals surface area contributed by atoms with Gasteiger partial charge in [-0.3, -0.25) is 9.98 Å². The Balaban J connectivity index is 0.00000338. The first kappa shape index (κ1) is 21.8. The highest BCUT2D eigenvalue weighted by atomic mass is 127. The molecule has 138 valence electrons. The number of nitrogens with zero attached hydrogens (tertiary/aromatic N) is 2. The molecule has 0 saturated carbocycles. The summed E-state index contributed by atoms with van der Waals surface area (Å²) in [7, 11) is 1.62. The van der Waals surface area contributed by atoms with Crippen molar-refractivity contribution in [1.82, 2.24) is 15.6 Å². The van der Waals surface area contributed by atoms with Crippen molar-refractivity contribution in [3.05, 3.63) is 65.5 Å². The van der Waals surface area contributed by atoms with Crippen LogP contribution in [0.2, 0.25) is 0 Å². The standard InChI is InChI=1S/C18H17F3N4.HI/c1-22-17(25-13-16-9-2-3-10-23-16)24-11-5-7-14-6-4-8-15(12-14)18(19,20)21;/h2-4,6,8-10,12H,11,13H2,1H3,(H2,22,24,25);1H. The predicted molar refractivity (Wildman–Crippen MR) is 106 cm³/mol. The number of guanidine groups is 1. The summed E-state index contributed by atoms with van der Waals surface area (Å²) in [5.74, 6) is 6.01. The van der Waals surface area contributed by atoms with Gasteiger partial charge in [-0.25, -0.2) is 0 Å². The molecule has 0 aliphatic carbocycles. The van der Waals surface area contributed by atoms with Gasteiger partial charge < -0.3 is 10.6 Å². The van der Waals surface area contributed by atoms with Crippen LogP contribution in [0.3, 0.4) is 0 Å². The van der Waals surface area contributed by atoms with E-state index >= 15 is 0 Å². The zero-order valence-electron chi connectivity index (χ0n) is 14.0. The maximum Gasteiger partial charge on any atom is 0.416 e. The Labute approximate surface area is 167 Å². The minimum atomic E-state index is -4.37. The Kier molecular flexibility index (Phi) is 8.92. The summed E-state index contributed by atoms with van der Waals surface area (Å²) in [6.45, 7) is 0.750. The third kappa shape index (κ3) is 7.31. The summed E-state index contributed by atoms with van der Waals surface area (Å²) in [6, 6.07) is 10.5. The number of aliphatic imine (C=N–C) groups is 1. The second-order valence-corrected chi connectivity index (χ2v) is 4.98. The first-order valence-corrected chi connectivity index (χ1v) is 7.49. The van der Waals surface area contributed by atoms with Gasteiger partial charge >= 0.3 is 6.18 Å². The Hall–Kier alpha value is -2.28. The SMILES string of the molecule is CN=C(NCC#Cc1cccc(C(F)(F)F)c1)NCc1ccccn1.I. The van der Waals surface area contributed by atoms with Gasteiger partial charge in [-0.2, -0.15) is 13.2 Å². The van der Waals surface area contributed by atoms with Gasteiger partial charge in [0.2, 0.25) is 0 Å². The molecule has 2 N–H and O–H groups in total. The molecule has 0 fully saturated rings. The van der Waals surface area contributed by atoms with Gasteiger partial charge in [-0.1, -0.05) is 24.0 Å². The quantitative estimate of drug-likeness (QED) is 0.310. The summed E-state index contributed by atoms with van der Waals surface area (Å²) in [6.07, 6.45) is -2.67. The van der Waals surface area contributed by atoms with Crippen molar-refractivity contribution in [1.29, 1.82) is 0 Å². The van der Waals surface area contributed by atoms with Gasteiger partial charge in [-0.05, 0) is 30.3 Å². The van der Waals surface area contributed by atoms with E-state index in [9.17, 15) is 13.2 Å². The molecule has 1 aromatic carbocycles. The molecule has 1 heterocycles. The number of halogens is 4. The topological polar surface area (TPSA) is 49.3 Å². The largest absolute Gasteiger partial charge is 0.416 e. The molecule has 0 saturated heterocycles. The highest BCUT2D eigenvalue weighted by Gasteiger charge is 2.30. The molecule has 2 rings (SSSR count). The van der Waals surface area contributed by atoms with Crippen LogP contribution >= 0.6 is 24.0 Å². The molecule has 0 amide bonds. The van der Waals surface area contributed by atoms with Crippen molar-refractivity contribution in [2.24, 2.45) is 4.99 Å². The second-order valence-electron chi connectivity index (χ2n) is 4.98. The molecule has 4 nitrogen and oxygen atoms in total. The van der Waals surface area contributed by atoms with Gasteiger partial charge in [-0.15, -0.1) is 24.0 Å². The highest BCUT2D eigenvalue weighted by Crippen LogP contribution is 2.29. The van der Waals surface area contributed by atoms with Crippen molar-refractivity contribution >= 4 is 29.9 Å². The van der Waals surface area contributed by atoms with Crippen LogP contribution in [0.15, 0.2) is 53.7 Å². The van der Waals surface area contributed by atoms with E-state index in [1.807, 2.05) is 18.2 Å². The number of hydrogen-bond acceptors (Lipinski definition) is 2. The molecule has 2 aromatic rings. The minimum absolute atomic E-state index is 0. The van der Waals surface area contributed by atoms with Crippen LogP contribution in [-0.2, 0) is 12.7 Å². The molecule has 1 aromatic heterocycles. The Bertz CT molecular complexity index is 780. The lowest BCUT2D eigenvalue weighted by molar-refractivity contribution is -0.137. The number of nitrogens with one attached hydrogen (secondary N) is 2. The number of aromatic nitrogens is 1. The minimum Gasteiger partial charge on any atom is -0.351 e. The fourth-order valence-electron chi connectivity index (χ4n) is 1.95. The number of alkyl halides is 3. The summed E-state index contributed by atoms with van der Waals surface area (Å²) in [5.41, 5.74) is 0.466. The molecule has 0 aliphatic rings. The lowest BCUT2D eigenvalue weighted by Gasteiger charge is -2.09. The monoisotopic (exact) mass is 474 g/mol. The van der Waals surface area contributed by atoms with Crippen LogP contribution in [0.1, 0.15) is 16.8 Å². The van der Waals surface area contributed by atoms with Crippen LogP contribution in [0, 0.1) is 11.8 Å². The molecule has 0 atom stereocenters. The van der Waals surface area contributed by atoms with Crippen LogP contribution in [0.5, 0.6) is 0 Å². The number of pyridine rings is 1. The lowest BCUT2D eigenvalue weighted by atomic mass is 10.1.